The molecule has 3 rings (SSSR count). The van der Waals surface area contributed by atoms with Crippen LogP contribution in [0.5, 0.6) is 5.75 Å². The van der Waals surface area contributed by atoms with Crippen molar-refractivity contribution in [2.24, 2.45) is 0 Å². The van der Waals surface area contributed by atoms with Crippen LogP contribution in [0.15, 0.2) is 36.4 Å². The molecule has 7 heteroatoms. The van der Waals surface area contributed by atoms with Crippen LogP contribution in [0, 0.1) is 0 Å². The first kappa shape index (κ1) is 14.1. The van der Waals surface area contributed by atoms with Crippen molar-refractivity contribution in [1.29, 1.82) is 0 Å². The number of aromatic hydroxyl groups is 1. The Morgan fingerprint density at radius 2 is 1.59 bits per heavy atom. The molecule has 1 heterocycles. The number of carbonyl (C=O) groups is 3. The molecule has 0 aromatic heterocycles. The third-order valence-electron chi connectivity index (χ3n) is 3.32. The highest BCUT2D eigenvalue weighted by Gasteiger charge is 2.38. The molecule has 22 heavy (non-hydrogen) atoms. The molecule has 0 fully saturated rings. The molecule has 110 valence electrons. The van der Waals surface area contributed by atoms with Crippen molar-refractivity contribution in [2.45, 2.75) is 0 Å². The zero-order valence-electron chi connectivity index (χ0n) is 10.9. The Balaban J connectivity index is 2.20. The topological polar surface area (TPSA) is 94.9 Å². The predicted molar refractivity (Wildman–Crippen MR) is 77.7 cm³/mol. The van der Waals surface area contributed by atoms with Crippen molar-refractivity contribution in [2.75, 3.05) is 4.90 Å². The van der Waals surface area contributed by atoms with E-state index < -0.39 is 29.1 Å². The average molecular weight is 318 g/mol. The number of phenols is 1. The minimum atomic E-state index is -1.42. The summed E-state index contributed by atoms with van der Waals surface area (Å²) in [7, 11) is 0. The zero-order valence-corrected chi connectivity index (χ0v) is 11.7. The summed E-state index contributed by atoms with van der Waals surface area (Å²) in [5.41, 5.74) is -0.373. The summed E-state index contributed by atoms with van der Waals surface area (Å²) in [6, 6.07) is 8.39. The lowest BCUT2D eigenvalue weighted by atomic mass is 10.1. The number of carbonyl (C=O) groups excluding carboxylic acids is 2. The summed E-state index contributed by atoms with van der Waals surface area (Å²) < 4.78 is 0. The number of fused-ring (bicyclic) bond motifs is 1. The lowest BCUT2D eigenvalue weighted by Gasteiger charge is -2.17. The van der Waals surface area contributed by atoms with Crippen LogP contribution in [-0.2, 0) is 0 Å². The van der Waals surface area contributed by atoms with E-state index in [4.69, 9.17) is 16.7 Å². The number of nitrogens with zero attached hydrogens (tertiary/aromatic N) is 1. The van der Waals surface area contributed by atoms with Crippen molar-refractivity contribution in [3.05, 3.63) is 58.1 Å². The molecule has 0 radical (unpaired) electrons. The van der Waals surface area contributed by atoms with Crippen LogP contribution in [0.25, 0.3) is 0 Å². The molecule has 1 aliphatic rings. The van der Waals surface area contributed by atoms with Crippen LogP contribution < -0.4 is 4.90 Å². The fourth-order valence-electron chi connectivity index (χ4n) is 2.33. The van der Waals surface area contributed by atoms with Crippen LogP contribution in [0.2, 0.25) is 5.02 Å². The fourth-order valence-corrected chi connectivity index (χ4v) is 2.54. The maximum absolute atomic E-state index is 12.4. The van der Waals surface area contributed by atoms with Gasteiger partial charge in [0.2, 0.25) is 0 Å². The van der Waals surface area contributed by atoms with Gasteiger partial charge in [-0.15, -0.1) is 0 Å². The van der Waals surface area contributed by atoms with Crippen LogP contribution in [0.3, 0.4) is 0 Å². The number of imide groups is 1. The predicted octanol–water partition coefficient (Wildman–Crippen LogP) is 2.54. The van der Waals surface area contributed by atoms with Gasteiger partial charge in [-0.05, 0) is 24.3 Å². The van der Waals surface area contributed by atoms with Crippen molar-refractivity contribution >= 4 is 35.1 Å². The molecule has 1 aliphatic heterocycles. The van der Waals surface area contributed by atoms with E-state index in [-0.39, 0.29) is 21.8 Å². The second-order valence-electron chi connectivity index (χ2n) is 4.62. The van der Waals surface area contributed by atoms with E-state index in [9.17, 15) is 19.5 Å². The SMILES string of the molecule is O=C(O)c1cc(Cl)cc(N2C(=O)c3ccccc3C2=O)c1O. The zero-order chi connectivity index (χ0) is 16.0. The average Bonchev–Trinajstić information content (AvgIpc) is 2.73. The van der Waals surface area contributed by atoms with Gasteiger partial charge in [0, 0.05) is 5.02 Å². The van der Waals surface area contributed by atoms with Gasteiger partial charge >= 0.3 is 5.97 Å². The Morgan fingerprint density at radius 3 is 2.09 bits per heavy atom. The number of hydrogen-bond donors (Lipinski definition) is 2. The van der Waals surface area contributed by atoms with Gasteiger partial charge in [0.25, 0.3) is 11.8 Å². The van der Waals surface area contributed by atoms with Gasteiger partial charge in [-0.25, -0.2) is 9.69 Å². The molecular formula is C15H8ClNO5. The molecule has 0 saturated carbocycles. The summed E-state index contributed by atoms with van der Waals surface area (Å²) in [5.74, 6) is -3.40. The molecule has 6 nitrogen and oxygen atoms in total. The summed E-state index contributed by atoms with van der Waals surface area (Å²) in [5, 5.41) is 19.1. The molecule has 2 aromatic rings. The van der Waals surface area contributed by atoms with Crippen molar-refractivity contribution in [3.63, 3.8) is 0 Å². The van der Waals surface area contributed by atoms with E-state index in [1.54, 1.807) is 12.1 Å². The molecule has 0 bridgehead atoms. The van der Waals surface area contributed by atoms with E-state index in [0.717, 1.165) is 11.0 Å². The third kappa shape index (κ3) is 1.93. The number of carboxylic acids is 1. The van der Waals surface area contributed by atoms with Gasteiger partial charge in [-0.2, -0.15) is 0 Å². The van der Waals surface area contributed by atoms with Crippen molar-refractivity contribution < 1.29 is 24.6 Å². The Labute approximate surface area is 129 Å². The summed E-state index contributed by atoms with van der Waals surface area (Å²) in [6.07, 6.45) is 0. The van der Waals surface area contributed by atoms with Crippen LogP contribution in [0.4, 0.5) is 5.69 Å². The summed E-state index contributed by atoms with van der Waals surface area (Å²) >= 11 is 5.83. The quantitative estimate of drug-likeness (QED) is 0.830. The van der Waals surface area contributed by atoms with Crippen molar-refractivity contribution in [3.8, 4) is 5.75 Å². The maximum atomic E-state index is 12.4. The second-order valence-corrected chi connectivity index (χ2v) is 5.05. The van der Waals surface area contributed by atoms with Gasteiger partial charge in [0.15, 0.2) is 5.75 Å². The number of amides is 2. The Hall–Kier alpha value is -2.86. The number of aromatic carboxylic acids is 1. The largest absolute Gasteiger partial charge is 0.505 e. The van der Waals surface area contributed by atoms with E-state index in [2.05, 4.69) is 0 Å². The lowest BCUT2D eigenvalue weighted by Crippen LogP contribution is -2.29. The first-order valence-electron chi connectivity index (χ1n) is 6.15. The smallest absolute Gasteiger partial charge is 0.339 e. The molecule has 2 N–H and O–H groups in total. The van der Waals surface area contributed by atoms with Crippen LogP contribution in [-0.4, -0.2) is 28.0 Å². The lowest BCUT2D eigenvalue weighted by molar-refractivity contribution is 0.0692. The van der Waals surface area contributed by atoms with Gasteiger partial charge in [0.05, 0.1) is 16.8 Å². The third-order valence-corrected chi connectivity index (χ3v) is 3.54. The Kier molecular flexibility index (Phi) is 3.11. The van der Waals surface area contributed by atoms with Gasteiger partial charge in [0.1, 0.15) is 5.56 Å². The number of hydrogen-bond acceptors (Lipinski definition) is 4. The number of benzene rings is 2. The van der Waals surface area contributed by atoms with Gasteiger partial charge in [-0.1, -0.05) is 23.7 Å². The number of halogens is 1. The maximum Gasteiger partial charge on any atom is 0.339 e. The Bertz CT molecular complexity index is 811. The highest BCUT2D eigenvalue weighted by Crippen LogP contribution is 2.38. The first-order chi connectivity index (χ1) is 10.4. The number of anilines is 1. The monoisotopic (exact) mass is 317 g/mol. The standard InChI is InChI=1S/C15H8ClNO5/c16-7-5-10(15(21)22)12(18)11(6-7)17-13(19)8-3-1-2-4-9(8)14(17)20/h1-6,18H,(H,21,22). The molecule has 2 amide bonds. The van der Waals surface area contributed by atoms with Crippen molar-refractivity contribution in [1.82, 2.24) is 0 Å². The highest BCUT2D eigenvalue weighted by molar-refractivity contribution is 6.36. The fraction of sp³-hybridized carbons (Fsp3) is 0. The second kappa shape index (κ2) is 4.85. The van der Waals surface area contributed by atoms with E-state index >= 15 is 0 Å². The molecule has 0 atom stereocenters. The molecular weight excluding hydrogens is 310 g/mol. The number of rotatable bonds is 2. The highest BCUT2D eigenvalue weighted by atomic mass is 35.5. The molecule has 0 unspecified atom stereocenters. The molecule has 2 aromatic carbocycles. The minimum Gasteiger partial charge on any atom is -0.505 e. The summed E-state index contributed by atoms with van der Waals surface area (Å²) in [6.45, 7) is 0. The minimum absolute atomic E-state index is 0.0123. The first-order valence-corrected chi connectivity index (χ1v) is 6.53. The van der Waals surface area contributed by atoms with Gasteiger partial charge in [-0.3, -0.25) is 9.59 Å². The van der Waals surface area contributed by atoms with Gasteiger partial charge < -0.3 is 10.2 Å². The van der Waals surface area contributed by atoms with E-state index in [1.807, 2.05) is 0 Å². The summed E-state index contributed by atoms with van der Waals surface area (Å²) in [4.78, 5) is 36.5. The van der Waals surface area contributed by atoms with E-state index in [0.29, 0.717) is 0 Å². The molecule has 0 saturated heterocycles. The molecule has 0 aliphatic carbocycles. The van der Waals surface area contributed by atoms with E-state index in [1.165, 1.54) is 18.2 Å². The van der Waals surface area contributed by atoms with Crippen LogP contribution in [0.1, 0.15) is 31.1 Å². The van der Waals surface area contributed by atoms with Crippen LogP contribution >= 0.6 is 11.6 Å². The number of carboxylic acid groups (broad SMARTS) is 1. The molecule has 0 spiro atoms. The normalized spacial score (nSPS) is 13.4. The Morgan fingerprint density at radius 1 is 1.05 bits per heavy atom.